The van der Waals surface area contributed by atoms with Crippen molar-refractivity contribution in [3.05, 3.63) is 52.5 Å². The smallest absolute Gasteiger partial charge is 0.349 e. The fraction of sp³-hybridized carbons (Fsp3) is 0.188. The number of methoxy groups -OCH3 is 1. The molecular weight excluding hydrogens is 336 g/mol. The molecule has 0 N–H and O–H groups in total. The second-order valence-electron chi connectivity index (χ2n) is 4.35. The van der Waals surface area contributed by atoms with Crippen molar-refractivity contribution >= 4 is 21.9 Å². The van der Waals surface area contributed by atoms with Gasteiger partial charge in [0.25, 0.3) is 0 Å². The minimum atomic E-state index is -0.456. The number of rotatable bonds is 5. The molecule has 110 valence electrons. The van der Waals surface area contributed by atoms with E-state index in [1.165, 1.54) is 0 Å². The van der Waals surface area contributed by atoms with Gasteiger partial charge in [-0.2, -0.15) is 0 Å². The Morgan fingerprint density at radius 2 is 1.76 bits per heavy atom. The van der Waals surface area contributed by atoms with Crippen molar-refractivity contribution < 1.29 is 19.0 Å². The molecule has 0 atom stereocenters. The van der Waals surface area contributed by atoms with Crippen molar-refractivity contribution in [3.8, 4) is 17.2 Å². The van der Waals surface area contributed by atoms with Crippen molar-refractivity contribution in [2.75, 3.05) is 13.7 Å². The maximum atomic E-state index is 11.7. The normalized spacial score (nSPS) is 10.0. The van der Waals surface area contributed by atoms with Gasteiger partial charge in [0, 0.05) is 4.47 Å². The highest BCUT2D eigenvalue weighted by molar-refractivity contribution is 9.10. The standard InChI is InChI=1S/C16H15BrO4/c1-11-9-12(17)3-8-15(11)20-10-16(18)21-14-6-4-13(19-2)5-7-14/h3-9H,10H2,1-2H3. The summed E-state index contributed by atoms with van der Waals surface area (Å²) in [6.45, 7) is 1.77. The van der Waals surface area contributed by atoms with Gasteiger partial charge in [0.15, 0.2) is 6.61 Å². The molecule has 5 heteroatoms. The van der Waals surface area contributed by atoms with Crippen LogP contribution in [0.15, 0.2) is 46.9 Å². The minimum Gasteiger partial charge on any atom is -0.497 e. The van der Waals surface area contributed by atoms with Gasteiger partial charge >= 0.3 is 5.97 Å². The highest BCUT2D eigenvalue weighted by atomic mass is 79.9. The van der Waals surface area contributed by atoms with Crippen LogP contribution in [0.3, 0.4) is 0 Å². The second-order valence-corrected chi connectivity index (χ2v) is 5.26. The maximum absolute atomic E-state index is 11.7. The van der Waals surface area contributed by atoms with E-state index in [0.717, 1.165) is 10.0 Å². The van der Waals surface area contributed by atoms with E-state index in [1.54, 1.807) is 37.4 Å². The van der Waals surface area contributed by atoms with Gasteiger partial charge in [0.2, 0.25) is 0 Å². The van der Waals surface area contributed by atoms with Gasteiger partial charge in [0.05, 0.1) is 7.11 Å². The molecule has 2 aromatic carbocycles. The van der Waals surface area contributed by atoms with Crippen molar-refractivity contribution in [1.82, 2.24) is 0 Å². The van der Waals surface area contributed by atoms with Gasteiger partial charge < -0.3 is 14.2 Å². The number of ether oxygens (including phenoxy) is 3. The first-order chi connectivity index (χ1) is 10.1. The third-order valence-electron chi connectivity index (χ3n) is 2.77. The number of carbonyl (C=O) groups is 1. The molecule has 0 unspecified atom stereocenters. The van der Waals surface area contributed by atoms with Gasteiger partial charge in [0.1, 0.15) is 17.2 Å². The SMILES string of the molecule is COc1ccc(OC(=O)COc2ccc(Br)cc2C)cc1. The lowest BCUT2D eigenvalue weighted by atomic mass is 10.2. The molecule has 0 aliphatic heterocycles. The molecule has 0 spiro atoms. The predicted octanol–water partition coefficient (Wildman–Crippen LogP) is 3.75. The van der Waals surface area contributed by atoms with Gasteiger partial charge in [-0.3, -0.25) is 0 Å². The lowest BCUT2D eigenvalue weighted by Gasteiger charge is -2.09. The molecule has 2 rings (SSSR count). The molecule has 0 saturated heterocycles. The van der Waals surface area contributed by atoms with E-state index < -0.39 is 5.97 Å². The molecule has 0 saturated carbocycles. The van der Waals surface area contributed by atoms with Crippen LogP contribution in [0.4, 0.5) is 0 Å². The van der Waals surface area contributed by atoms with Gasteiger partial charge in [-0.1, -0.05) is 15.9 Å². The van der Waals surface area contributed by atoms with Crippen LogP contribution in [-0.2, 0) is 4.79 Å². The zero-order valence-corrected chi connectivity index (χ0v) is 13.3. The Morgan fingerprint density at radius 3 is 2.38 bits per heavy atom. The van der Waals surface area contributed by atoms with Crippen molar-refractivity contribution in [2.24, 2.45) is 0 Å². The molecule has 0 bridgehead atoms. The molecule has 0 heterocycles. The zero-order chi connectivity index (χ0) is 15.2. The number of halogens is 1. The molecular formula is C16H15BrO4. The second kappa shape index (κ2) is 7.13. The van der Waals surface area contributed by atoms with E-state index in [0.29, 0.717) is 17.2 Å². The molecule has 0 amide bonds. The average Bonchev–Trinajstić information content (AvgIpc) is 2.47. The highest BCUT2D eigenvalue weighted by Crippen LogP contribution is 2.22. The van der Waals surface area contributed by atoms with Crippen LogP contribution in [0, 0.1) is 6.92 Å². The Morgan fingerprint density at radius 1 is 1.10 bits per heavy atom. The third kappa shape index (κ3) is 4.49. The number of hydrogen-bond donors (Lipinski definition) is 0. The number of hydrogen-bond acceptors (Lipinski definition) is 4. The molecule has 4 nitrogen and oxygen atoms in total. The fourth-order valence-corrected chi connectivity index (χ4v) is 2.19. The van der Waals surface area contributed by atoms with E-state index in [-0.39, 0.29) is 6.61 Å². The van der Waals surface area contributed by atoms with Gasteiger partial charge in [-0.15, -0.1) is 0 Å². The highest BCUT2D eigenvalue weighted by Gasteiger charge is 2.08. The number of esters is 1. The molecule has 2 aromatic rings. The summed E-state index contributed by atoms with van der Waals surface area (Å²) in [6, 6.07) is 12.4. The van der Waals surface area contributed by atoms with E-state index in [4.69, 9.17) is 14.2 Å². The summed E-state index contributed by atoms with van der Waals surface area (Å²) in [5.41, 5.74) is 0.946. The third-order valence-corrected chi connectivity index (χ3v) is 3.27. The summed E-state index contributed by atoms with van der Waals surface area (Å²) >= 11 is 3.37. The summed E-state index contributed by atoms with van der Waals surface area (Å²) < 4.78 is 16.6. The lowest BCUT2D eigenvalue weighted by Crippen LogP contribution is -2.17. The Labute approximate surface area is 131 Å². The molecule has 0 fully saturated rings. The van der Waals surface area contributed by atoms with Crippen LogP contribution in [0.2, 0.25) is 0 Å². The van der Waals surface area contributed by atoms with Crippen molar-refractivity contribution in [1.29, 1.82) is 0 Å². The van der Waals surface area contributed by atoms with Gasteiger partial charge in [-0.05, 0) is 55.0 Å². The van der Waals surface area contributed by atoms with Crippen molar-refractivity contribution in [2.45, 2.75) is 6.92 Å². The zero-order valence-electron chi connectivity index (χ0n) is 11.8. The Hall–Kier alpha value is -2.01. The molecule has 0 aliphatic rings. The largest absolute Gasteiger partial charge is 0.497 e. The predicted molar refractivity (Wildman–Crippen MR) is 83.0 cm³/mol. The van der Waals surface area contributed by atoms with E-state index in [2.05, 4.69) is 15.9 Å². The van der Waals surface area contributed by atoms with Crippen LogP contribution < -0.4 is 14.2 Å². The molecule has 21 heavy (non-hydrogen) atoms. The van der Waals surface area contributed by atoms with Crippen LogP contribution in [0.25, 0.3) is 0 Å². The monoisotopic (exact) mass is 350 g/mol. The van der Waals surface area contributed by atoms with E-state index in [9.17, 15) is 4.79 Å². The first kappa shape index (κ1) is 15.4. The van der Waals surface area contributed by atoms with E-state index >= 15 is 0 Å². The maximum Gasteiger partial charge on any atom is 0.349 e. The van der Waals surface area contributed by atoms with Crippen LogP contribution in [0.1, 0.15) is 5.56 Å². The van der Waals surface area contributed by atoms with E-state index in [1.807, 2.05) is 19.1 Å². The van der Waals surface area contributed by atoms with Crippen LogP contribution in [0.5, 0.6) is 17.2 Å². The number of carbonyl (C=O) groups excluding carboxylic acids is 1. The van der Waals surface area contributed by atoms with Crippen molar-refractivity contribution in [3.63, 3.8) is 0 Å². The number of aryl methyl sites for hydroxylation is 1. The molecule has 0 aromatic heterocycles. The Balaban J connectivity index is 1.89. The summed E-state index contributed by atoms with van der Waals surface area (Å²) in [4.78, 5) is 11.7. The summed E-state index contributed by atoms with van der Waals surface area (Å²) in [6.07, 6.45) is 0. The lowest BCUT2D eigenvalue weighted by molar-refractivity contribution is -0.136. The van der Waals surface area contributed by atoms with Crippen LogP contribution in [-0.4, -0.2) is 19.7 Å². The molecule has 0 radical (unpaired) electrons. The number of benzene rings is 2. The fourth-order valence-electron chi connectivity index (χ4n) is 1.72. The van der Waals surface area contributed by atoms with Gasteiger partial charge in [-0.25, -0.2) is 4.79 Å². The Bertz CT molecular complexity index is 623. The average molecular weight is 351 g/mol. The first-order valence-electron chi connectivity index (χ1n) is 6.32. The first-order valence-corrected chi connectivity index (χ1v) is 7.11. The summed E-state index contributed by atoms with van der Waals surface area (Å²) in [5.74, 6) is 1.36. The quantitative estimate of drug-likeness (QED) is 0.608. The summed E-state index contributed by atoms with van der Waals surface area (Å²) in [5, 5.41) is 0. The van der Waals surface area contributed by atoms with Crippen LogP contribution >= 0.6 is 15.9 Å². The minimum absolute atomic E-state index is 0.144. The topological polar surface area (TPSA) is 44.8 Å². The summed E-state index contributed by atoms with van der Waals surface area (Å²) in [7, 11) is 1.58. The Kier molecular flexibility index (Phi) is 5.22. The molecule has 0 aliphatic carbocycles.